The average Bonchev–Trinajstić information content (AvgIpc) is 2.68. The normalized spacial score (nSPS) is 17.9. The molecule has 0 saturated carbocycles. The summed E-state index contributed by atoms with van der Waals surface area (Å²) >= 11 is 3.34. The monoisotopic (exact) mass is 330 g/mol. The molecule has 1 fully saturated rings. The van der Waals surface area contributed by atoms with Crippen LogP contribution in [0.15, 0.2) is 0 Å². The van der Waals surface area contributed by atoms with Gasteiger partial charge in [-0.15, -0.1) is 3.15 Å². The van der Waals surface area contributed by atoms with Crippen LogP contribution in [0.2, 0.25) is 62.1 Å². The third kappa shape index (κ3) is 5.12. The SMILES string of the molecule is C1CCOC1.C[Si](C)(C)[C]([Al])([Si](C)(C)C)[Si](C)(C)C. The van der Waals surface area contributed by atoms with Crippen molar-refractivity contribution in [2.24, 2.45) is 0 Å². The highest BCUT2D eigenvalue weighted by atomic mass is 28.5. The molecule has 0 unspecified atom stereocenters. The van der Waals surface area contributed by atoms with Gasteiger partial charge in [0.1, 0.15) is 16.3 Å². The summed E-state index contributed by atoms with van der Waals surface area (Å²) < 4.78 is 5.59. The van der Waals surface area contributed by atoms with Gasteiger partial charge in [-0.25, -0.2) is 0 Å². The topological polar surface area (TPSA) is 9.23 Å². The molecular weight excluding hydrogens is 295 g/mol. The fourth-order valence-corrected chi connectivity index (χ4v) is 30.9. The first-order chi connectivity index (χ1) is 8.25. The standard InChI is InChI=1S/C10H27Si3.C4H8O.Al/c1-11(2,3)10(12(4,5)6)13(7,8)9;1-2-4-5-3-1;/h1-9H3;1-4H2;. The molecule has 5 heteroatoms. The second-order valence-electron chi connectivity index (χ2n) is 8.88. The number of ether oxygens (including phenoxy) is 1. The van der Waals surface area contributed by atoms with E-state index in [1.54, 1.807) is 0 Å². The van der Waals surface area contributed by atoms with Gasteiger partial charge in [0.15, 0.2) is 0 Å². The fourth-order valence-electron chi connectivity index (χ4n) is 3.89. The van der Waals surface area contributed by atoms with Crippen LogP contribution < -0.4 is 0 Å². The predicted octanol–water partition coefficient (Wildman–Crippen LogP) is 4.74. The highest BCUT2D eigenvalue weighted by Gasteiger charge is 2.54. The van der Waals surface area contributed by atoms with Crippen molar-refractivity contribution in [1.29, 1.82) is 0 Å². The summed E-state index contributed by atoms with van der Waals surface area (Å²) in [6.07, 6.45) is 2.56. The van der Waals surface area contributed by atoms with Gasteiger partial charge in [0.05, 0.1) is 0 Å². The zero-order valence-electron chi connectivity index (χ0n) is 14.8. The van der Waals surface area contributed by atoms with Crippen molar-refractivity contribution in [2.45, 2.75) is 74.9 Å². The second-order valence-corrected chi connectivity index (χ2v) is 28.8. The molecule has 1 rings (SSSR count). The molecule has 0 spiro atoms. The highest BCUT2D eigenvalue weighted by Crippen LogP contribution is 2.50. The molecule has 1 aliphatic heterocycles. The van der Waals surface area contributed by atoms with Crippen LogP contribution in [-0.4, -0.2) is 53.7 Å². The number of rotatable bonds is 3. The molecule has 0 aliphatic carbocycles. The van der Waals surface area contributed by atoms with Crippen molar-refractivity contribution in [3.05, 3.63) is 0 Å². The van der Waals surface area contributed by atoms with Gasteiger partial charge in [-0.3, -0.25) is 0 Å². The largest absolute Gasteiger partial charge is 0.381 e. The lowest BCUT2D eigenvalue weighted by molar-refractivity contribution is 0.198. The van der Waals surface area contributed by atoms with E-state index in [0.717, 1.165) is 13.2 Å². The van der Waals surface area contributed by atoms with E-state index < -0.39 is 24.2 Å². The van der Waals surface area contributed by atoms with Crippen LogP contribution in [0, 0.1) is 0 Å². The summed E-state index contributed by atoms with van der Waals surface area (Å²) in [5.74, 6) is 0. The quantitative estimate of drug-likeness (QED) is 0.679. The molecule has 1 saturated heterocycles. The minimum Gasteiger partial charge on any atom is -0.381 e. The molecule has 0 amide bonds. The first-order valence-electron chi connectivity index (χ1n) is 7.62. The Morgan fingerprint density at radius 1 is 0.684 bits per heavy atom. The predicted molar refractivity (Wildman–Crippen MR) is 98.5 cm³/mol. The van der Waals surface area contributed by atoms with Crippen molar-refractivity contribution in [3.8, 4) is 0 Å². The molecule has 19 heavy (non-hydrogen) atoms. The van der Waals surface area contributed by atoms with E-state index in [4.69, 9.17) is 4.74 Å². The third-order valence-corrected chi connectivity index (χ3v) is 32.8. The number of hydrogen-bond donors (Lipinski definition) is 0. The van der Waals surface area contributed by atoms with Gasteiger partial charge in [-0.1, -0.05) is 58.9 Å². The molecule has 1 heterocycles. The Bertz CT molecular complexity index is 226. The lowest BCUT2D eigenvalue weighted by Gasteiger charge is -2.58. The molecule has 1 aliphatic rings. The van der Waals surface area contributed by atoms with E-state index in [-0.39, 0.29) is 0 Å². The molecule has 0 aromatic heterocycles. The molecule has 0 aromatic rings. The van der Waals surface area contributed by atoms with Gasteiger partial charge >= 0.3 is 0 Å². The maximum absolute atomic E-state index is 4.94. The Balaban J connectivity index is 0.000000532. The number of hydrogen-bond acceptors (Lipinski definition) is 1. The van der Waals surface area contributed by atoms with Crippen molar-refractivity contribution in [3.63, 3.8) is 0 Å². The Hall–Kier alpha value is 1.14. The van der Waals surface area contributed by atoms with Crippen LogP contribution in [0.5, 0.6) is 0 Å². The van der Waals surface area contributed by atoms with Crippen molar-refractivity contribution >= 4 is 40.5 Å². The molecule has 0 N–H and O–H groups in total. The van der Waals surface area contributed by atoms with E-state index in [9.17, 15) is 0 Å². The van der Waals surface area contributed by atoms with Crippen molar-refractivity contribution in [2.75, 3.05) is 13.2 Å². The molecule has 0 atom stereocenters. The summed E-state index contributed by atoms with van der Waals surface area (Å²) in [6, 6.07) is 0. The zero-order valence-corrected chi connectivity index (χ0v) is 19.0. The van der Waals surface area contributed by atoms with Crippen LogP contribution in [0.25, 0.3) is 0 Å². The fraction of sp³-hybridized carbons (Fsp3) is 1.00. The van der Waals surface area contributed by atoms with E-state index in [0.29, 0.717) is 3.15 Å². The van der Waals surface area contributed by atoms with E-state index in [1.807, 2.05) is 0 Å². The lowest BCUT2D eigenvalue weighted by atomic mass is 10.4. The maximum Gasteiger partial charge on any atom is 0.114 e. The summed E-state index contributed by atoms with van der Waals surface area (Å²) in [6.45, 7) is 25.0. The smallest absolute Gasteiger partial charge is 0.114 e. The highest BCUT2D eigenvalue weighted by molar-refractivity contribution is 7.21. The van der Waals surface area contributed by atoms with Gasteiger partial charge in [-0.2, -0.15) is 0 Å². The van der Waals surface area contributed by atoms with Crippen LogP contribution in [0.1, 0.15) is 12.8 Å². The Morgan fingerprint density at radius 2 is 0.947 bits per heavy atom. The first-order valence-corrected chi connectivity index (χ1v) is 18.7. The molecule has 2 radical (unpaired) electrons. The Labute approximate surface area is 133 Å². The summed E-state index contributed by atoms with van der Waals surface area (Å²) in [4.78, 5) is 0. The molecule has 0 bridgehead atoms. The van der Waals surface area contributed by atoms with Crippen molar-refractivity contribution < 1.29 is 4.74 Å². The van der Waals surface area contributed by atoms with E-state index in [2.05, 4.69) is 75.2 Å². The summed E-state index contributed by atoms with van der Waals surface area (Å²) in [5.41, 5.74) is 0. The third-order valence-electron chi connectivity index (χ3n) is 4.38. The Kier molecular flexibility index (Phi) is 7.35. The van der Waals surface area contributed by atoms with Crippen LogP contribution in [0.3, 0.4) is 0 Å². The van der Waals surface area contributed by atoms with E-state index in [1.165, 1.54) is 12.8 Å². The van der Waals surface area contributed by atoms with Crippen LogP contribution in [-0.2, 0) is 4.74 Å². The van der Waals surface area contributed by atoms with Crippen LogP contribution in [0.4, 0.5) is 0 Å². The first kappa shape index (κ1) is 20.1. The summed E-state index contributed by atoms with van der Waals surface area (Å²) in [7, 11) is -3.29. The second kappa shape index (κ2) is 6.94. The average molecular weight is 331 g/mol. The van der Waals surface area contributed by atoms with Gasteiger partial charge in [0.2, 0.25) is 0 Å². The molecule has 112 valence electrons. The maximum atomic E-state index is 4.94. The van der Waals surface area contributed by atoms with Gasteiger partial charge in [0, 0.05) is 37.4 Å². The van der Waals surface area contributed by atoms with Crippen LogP contribution >= 0.6 is 0 Å². The van der Waals surface area contributed by atoms with Gasteiger partial charge in [0.25, 0.3) is 0 Å². The van der Waals surface area contributed by atoms with Crippen molar-refractivity contribution in [1.82, 2.24) is 0 Å². The summed E-state index contributed by atoms with van der Waals surface area (Å²) in [5, 5.41) is 0. The lowest BCUT2D eigenvalue weighted by Crippen LogP contribution is -2.66. The molecule has 1 nitrogen and oxygen atoms in total. The molecule has 0 aromatic carbocycles. The van der Waals surface area contributed by atoms with E-state index >= 15 is 0 Å². The molecular formula is C14H35AlOSi3. The minimum absolute atomic E-state index is 0.646. The van der Waals surface area contributed by atoms with Gasteiger partial charge < -0.3 is 4.74 Å². The zero-order chi connectivity index (χ0) is 15.5. The van der Waals surface area contributed by atoms with Gasteiger partial charge in [-0.05, 0) is 12.8 Å². The Morgan fingerprint density at radius 3 is 1.00 bits per heavy atom. The minimum atomic E-state index is -1.10.